The number of hydrogen-bond donors (Lipinski definition) is 2. The summed E-state index contributed by atoms with van der Waals surface area (Å²) in [6.45, 7) is 1.66. The number of rotatable bonds is 1. The molecule has 4 nitrogen and oxygen atoms in total. The second-order valence-corrected chi connectivity index (χ2v) is 5.14. The quantitative estimate of drug-likeness (QED) is 0.716. The van der Waals surface area contributed by atoms with Gasteiger partial charge in [0, 0.05) is 17.2 Å². The highest BCUT2D eigenvalue weighted by atomic mass is 35.5. The zero-order valence-electron chi connectivity index (χ0n) is 11.1. The van der Waals surface area contributed by atoms with E-state index in [9.17, 15) is 15.0 Å². The van der Waals surface area contributed by atoms with Crippen LogP contribution in [0.1, 0.15) is 5.56 Å². The molecule has 3 rings (SSSR count). The molecule has 3 aromatic rings. The average molecular weight is 303 g/mol. The maximum absolute atomic E-state index is 12.4. The molecule has 106 valence electrons. The normalized spacial score (nSPS) is 11.0. The maximum Gasteiger partial charge on any atom is 0.196 e. The lowest BCUT2D eigenvalue weighted by molar-refractivity contribution is 0.474. The molecule has 0 saturated heterocycles. The summed E-state index contributed by atoms with van der Waals surface area (Å²) in [5.41, 5.74) is 1.15. The zero-order valence-corrected chi connectivity index (χ0v) is 11.8. The topological polar surface area (TPSA) is 70.7 Å². The summed E-state index contributed by atoms with van der Waals surface area (Å²) in [5, 5.41) is 19.6. The first kappa shape index (κ1) is 13.5. The second kappa shape index (κ2) is 4.82. The standard InChI is InChI=1S/C16H11ClO4/c1-8-15(20)11-4-3-10(18)7-14(11)21-16(8)9-2-5-13(19)12(17)6-9/h2-7,18-19H,1H3. The molecule has 0 spiro atoms. The smallest absolute Gasteiger partial charge is 0.196 e. The van der Waals surface area contributed by atoms with Gasteiger partial charge >= 0.3 is 0 Å². The minimum Gasteiger partial charge on any atom is -0.508 e. The average Bonchev–Trinajstić information content (AvgIpc) is 2.45. The molecular weight excluding hydrogens is 292 g/mol. The van der Waals surface area contributed by atoms with Crippen molar-refractivity contribution in [1.29, 1.82) is 0 Å². The van der Waals surface area contributed by atoms with Gasteiger partial charge in [-0.15, -0.1) is 0 Å². The fourth-order valence-electron chi connectivity index (χ4n) is 2.20. The summed E-state index contributed by atoms with van der Waals surface area (Å²) in [4.78, 5) is 12.4. The van der Waals surface area contributed by atoms with Crippen LogP contribution in [0.2, 0.25) is 5.02 Å². The van der Waals surface area contributed by atoms with E-state index >= 15 is 0 Å². The van der Waals surface area contributed by atoms with Gasteiger partial charge in [-0.2, -0.15) is 0 Å². The van der Waals surface area contributed by atoms with Crippen molar-refractivity contribution in [2.24, 2.45) is 0 Å². The minimum atomic E-state index is -0.171. The van der Waals surface area contributed by atoms with E-state index in [0.29, 0.717) is 27.9 Å². The third-order valence-electron chi connectivity index (χ3n) is 3.31. The predicted octanol–water partition coefficient (Wildman–Crippen LogP) is 3.83. The fourth-order valence-corrected chi connectivity index (χ4v) is 2.38. The van der Waals surface area contributed by atoms with Crippen molar-refractivity contribution in [3.05, 3.63) is 57.2 Å². The molecule has 0 aliphatic heterocycles. The summed E-state index contributed by atoms with van der Waals surface area (Å²) in [6.07, 6.45) is 0. The van der Waals surface area contributed by atoms with E-state index in [1.807, 2.05) is 0 Å². The number of fused-ring (bicyclic) bond motifs is 1. The Morgan fingerprint density at radius 1 is 1.10 bits per heavy atom. The highest BCUT2D eigenvalue weighted by molar-refractivity contribution is 6.32. The van der Waals surface area contributed by atoms with Crippen LogP contribution in [0.15, 0.2) is 45.6 Å². The Bertz CT molecular complexity index is 912. The van der Waals surface area contributed by atoms with Crippen LogP contribution in [-0.4, -0.2) is 10.2 Å². The van der Waals surface area contributed by atoms with E-state index < -0.39 is 0 Å². The Morgan fingerprint density at radius 3 is 2.57 bits per heavy atom. The number of phenols is 2. The van der Waals surface area contributed by atoms with Gasteiger partial charge in [-0.1, -0.05) is 11.6 Å². The van der Waals surface area contributed by atoms with Crippen LogP contribution in [0.5, 0.6) is 11.5 Å². The van der Waals surface area contributed by atoms with Crippen LogP contribution in [-0.2, 0) is 0 Å². The summed E-state index contributed by atoms with van der Waals surface area (Å²) < 4.78 is 5.73. The van der Waals surface area contributed by atoms with Gasteiger partial charge in [0.2, 0.25) is 0 Å². The van der Waals surface area contributed by atoms with E-state index in [1.165, 1.54) is 30.3 Å². The molecule has 0 amide bonds. The summed E-state index contributed by atoms with van der Waals surface area (Å²) in [6, 6.07) is 8.93. The van der Waals surface area contributed by atoms with E-state index in [0.717, 1.165) is 0 Å². The molecule has 5 heteroatoms. The van der Waals surface area contributed by atoms with Crippen LogP contribution in [0.4, 0.5) is 0 Å². The monoisotopic (exact) mass is 302 g/mol. The molecule has 0 unspecified atom stereocenters. The van der Waals surface area contributed by atoms with Gasteiger partial charge in [-0.05, 0) is 37.3 Å². The van der Waals surface area contributed by atoms with Crippen molar-refractivity contribution in [2.75, 3.05) is 0 Å². The molecular formula is C16H11ClO4. The van der Waals surface area contributed by atoms with Gasteiger partial charge in [0.15, 0.2) is 5.43 Å². The zero-order chi connectivity index (χ0) is 15.1. The van der Waals surface area contributed by atoms with Crippen molar-refractivity contribution in [3.8, 4) is 22.8 Å². The highest BCUT2D eigenvalue weighted by Crippen LogP contribution is 2.32. The third-order valence-corrected chi connectivity index (χ3v) is 3.62. The van der Waals surface area contributed by atoms with Crippen LogP contribution < -0.4 is 5.43 Å². The molecule has 0 saturated carbocycles. The van der Waals surface area contributed by atoms with E-state index in [4.69, 9.17) is 16.0 Å². The largest absolute Gasteiger partial charge is 0.508 e. The summed E-state index contributed by atoms with van der Waals surface area (Å²) >= 11 is 5.89. The predicted molar refractivity (Wildman–Crippen MR) is 81.0 cm³/mol. The van der Waals surface area contributed by atoms with Gasteiger partial charge in [0.05, 0.1) is 10.4 Å². The van der Waals surface area contributed by atoms with Crippen LogP contribution in [0.3, 0.4) is 0 Å². The number of aromatic hydroxyl groups is 2. The molecule has 0 fully saturated rings. The van der Waals surface area contributed by atoms with Gasteiger partial charge in [-0.25, -0.2) is 0 Å². The SMILES string of the molecule is Cc1c(-c2ccc(O)c(Cl)c2)oc2cc(O)ccc2c1=O. The minimum absolute atomic E-state index is 0.0178. The Hall–Kier alpha value is -2.46. The van der Waals surface area contributed by atoms with Crippen molar-refractivity contribution < 1.29 is 14.6 Å². The lowest BCUT2D eigenvalue weighted by Crippen LogP contribution is -2.07. The van der Waals surface area contributed by atoms with E-state index in [-0.39, 0.29) is 22.0 Å². The summed E-state index contributed by atoms with van der Waals surface area (Å²) in [7, 11) is 0. The van der Waals surface area contributed by atoms with Gasteiger partial charge in [0.1, 0.15) is 22.8 Å². The fraction of sp³-hybridized carbons (Fsp3) is 0.0625. The molecule has 0 aliphatic carbocycles. The first-order valence-electron chi connectivity index (χ1n) is 6.22. The van der Waals surface area contributed by atoms with Crippen LogP contribution in [0, 0.1) is 6.92 Å². The number of halogens is 1. The van der Waals surface area contributed by atoms with Crippen molar-refractivity contribution >= 4 is 22.6 Å². The van der Waals surface area contributed by atoms with Crippen molar-refractivity contribution in [2.45, 2.75) is 6.92 Å². The van der Waals surface area contributed by atoms with Crippen molar-refractivity contribution in [3.63, 3.8) is 0 Å². The molecule has 0 atom stereocenters. The summed E-state index contributed by atoms with van der Waals surface area (Å²) in [5.74, 6) is 0.336. The molecule has 0 bridgehead atoms. The molecule has 0 radical (unpaired) electrons. The van der Waals surface area contributed by atoms with Crippen molar-refractivity contribution in [1.82, 2.24) is 0 Å². The Morgan fingerprint density at radius 2 is 1.86 bits per heavy atom. The highest BCUT2D eigenvalue weighted by Gasteiger charge is 2.14. The van der Waals surface area contributed by atoms with Crippen LogP contribution >= 0.6 is 11.6 Å². The number of hydrogen-bond acceptors (Lipinski definition) is 4. The van der Waals surface area contributed by atoms with E-state index in [2.05, 4.69) is 0 Å². The Labute approximate surface area is 124 Å². The Kier molecular flexibility index (Phi) is 3.11. The third kappa shape index (κ3) is 2.23. The first-order chi connectivity index (χ1) is 9.97. The van der Waals surface area contributed by atoms with Gasteiger partial charge in [0.25, 0.3) is 0 Å². The maximum atomic E-state index is 12.4. The molecule has 2 N–H and O–H groups in total. The Balaban J connectivity index is 2.34. The van der Waals surface area contributed by atoms with E-state index in [1.54, 1.807) is 13.0 Å². The number of benzene rings is 2. The molecule has 1 aromatic heterocycles. The molecule has 1 heterocycles. The van der Waals surface area contributed by atoms with Crippen LogP contribution in [0.25, 0.3) is 22.3 Å². The lowest BCUT2D eigenvalue weighted by atomic mass is 10.1. The second-order valence-electron chi connectivity index (χ2n) is 4.73. The van der Waals surface area contributed by atoms with Gasteiger partial charge < -0.3 is 14.6 Å². The molecule has 21 heavy (non-hydrogen) atoms. The lowest BCUT2D eigenvalue weighted by Gasteiger charge is -2.08. The molecule has 0 aliphatic rings. The molecule has 2 aromatic carbocycles. The number of phenolic OH excluding ortho intramolecular Hbond substituents is 2. The first-order valence-corrected chi connectivity index (χ1v) is 6.60. The van der Waals surface area contributed by atoms with Gasteiger partial charge in [-0.3, -0.25) is 4.79 Å².